The first kappa shape index (κ1) is 14.2. The van der Waals surface area contributed by atoms with Gasteiger partial charge in [0.2, 0.25) is 0 Å². The van der Waals surface area contributed by atoms with Crippen LogP contribution in [0.3, 0.4) is 0 Å². The van der Waals surface area contributed by atoms with Crippen molar-refractivity contribution < 1.29 is 5.11 Å². The van der Waals surface area contributed by atoms with Gasteiger partial charge in [-0.3, -0.25) is 0 Å². The lowest BCUT2D eigenvalue weighted by atomic mass is 9.88. The Morgan fingerprint density at radius 1 is 1.24 bits per heavy atom. The minimum Gasteiger partial charge on any atom is -0.394 e. The lowest BCUT2D eigenvalue weighted by molar-refractivity contribution is 0.171. The van der Waals surface area contributed by atoms with Crippen molar-refractivity contribution in [2.75, 3.05) is 26.7 Å². The summed E-state index contributed by atoms with van der Waals surface area (Å²) in [6, 6.07) is 9.85. The van der Waals surface area contributed by atoms with Crippen LogP contribution in [0.5, 0.6) is 0 Å². The summed E-state index contributed by atoms with van der Waals surface area (Å²) in [5.74, 6) is 0. The third-order valence-electron chi connectivity index (χ3n) is 3.18. The van der Waals surface area contributed by atoms with Gasteiger partial charge in [-0.2, -0.15) is 0 Å². The highest BCUT2D eigenvalue weighted by Crippen LogP contribution is 2.21. The predicted octanol–water partition coefficient (Wildman–Crippen LogP) is 1.56. The van der Waals surface area contributed by atoms with Crippen molar-refractivity contribution in [1.82, 2.24) is 4.90 Å². The minimum absolute atomic E-state index is 0.0169. The van der Waals surface area contributed by atoms with E-state index in [-0.39, 0.29) is 6.61 Å². The number of hydrogen-bond acceptors (Lipinski definition) is 3. The van der Waals surface area contributed by atoms with E-state index in [1.165, 1.54) is 0 Å². The first-order valence-electron chi connectivity index (χ1n) is 6.26. The third-order valence-corrected chi connectivity index (χ3v) is 3.18. The molecule has 0 saturated heterocycles. The molecule has 0 aliphatic rings. The molecule has 1 aromatic rings. The summed E-state index contributed by atoms with van der Waals surface area (Å²) < 4.78 is 0. The lowest BCUT2D eigenvalue weighted by Gasteiger charge is -2.30. The average molecular weight is 236 g/mol. The summed E-state index contributed by atoms with van der Waals surface area (Å²) in [5.41, 5.74) is 6.67. The molecular weight excluding hydrogens is 212 g/mol. The largest absolute Gasteiger partial charge is 0.394 e. The van der Waals surface area contributed by atoms with Gasteiger partial charge in [0.25, 0.3) is 0 Å². The SMILES string of the molecule is CCCN(C)CCC(N)(CO)c1ccccc1. The van der Waals surface area contributed by atoms with Gasteiger partial charge < -0.3 is 15.7 Å². The van der Waals surface area contributed by atoms with Crippen molar-refractivity contribution in [2.45, 2.75) is 25.3 Å². The second-order valence-electron chi connectivity index (χ2n) is 4.73. The minimum atomic E-state index is -0.622. The smallest absolute Gasteiger partial charge is 0.0656 e. The normalized spacial score (nSPS) is 14.9. The predicted molar refractivity (Wildman–Crippen MR) is 71.8 cm³/mol. The molecule has 1 atom stereocenters. The highest BCUT2D eigenvalue weighted by Gasteiger charge is 2.26. The average Bonchev–Trinajstić information content (AvgIpc) is 2.37. The van der Waals surface area contributed by atoms with Crippen LogP contribution < -0.4 is 5.73 Å². The summed E-state index contributed by atoms with van der Waals surface area (Å²) in [6.45, 7) is 4.11. The van der Waals surface area contributed by atoms with Crippen LogP contribution >= 0.6 is 0 Å². The number of hydrogen-bond donors (Lipinski definition) is 2. The number of nitrogens with zero attached hydrogens (tertiary/aromatic N) is 1. The molecule has 0 bridgehead atoms. The van der Waals surface area contributed by atoms with Gasteiger partial charge in [0.1, 0.15) is 0 Å². The molecule has 0 heterocycles. The topological polar surface area (TPSA) is 49.5 Å². The van der Waals surface area contributed by atoms with Gasteiger partial charge in [-0.15, -0.1) is 0 Å². The summed E-state index contributed by atoms with van der Waals surface area (Å²) in [7, 11) is 2.09. The Balaban J connectivity index is 2.63. The first-order chi connectivity index (χ1) is 8.12. The fourth-order valence-electron chi connectivity index (χ4n) is 1.97. The molecule has 1 rings (SSSR count). The molecule has 3 N–H and O–H groups in total. The van der Waals surface area contributed by atoms with Gasteiger partial charge in [-0.1, -0.05) is 37.3 Å². The second kappa shape index (κ2) is 6.74. The molecule has 1 aromatic carbocycles. The first-order valence-corrected chi connectivity index (χ1v) is 6.26. The molecule has 0 aromatic heterocycles. The van der Waals surface area contributed by atoms with E-state index in [0.717, 1.165) is 31.5 Å². The quantitative estimate of drug-likeness (QED) is 0.755. The maximum atomic E-state index is 9.54. The molecule has 0 radical (unpaired) electrons. The van der Waals surface area contributed by atoms with Crippen LogP contribution in [0.4, 0.5) is 0 Å². The molecule has 3 heteroatoms. The monoisotopic (exact) mass is 236 g/mol. The van der Waals surface area contributed by atoms with E-state index < -0.39 is 5.54 Å². The van der Waals surface area contributed by atoms with Crippen molar-refractivity contribution in [3.05, 3.63) is 35.9 Å². The Bertz CT molecular complexity index is 315. The maximum absolute atomic E-state index is 9.54. The van der Waals surface area contributed by atoms with Gasteiger partial charge in [0.05, 0.1) is 12.1 Å². The van der Waals surface area contributed by atoms with Crippen LogP contribution in [0.2, 0.25) is 0 Å². The van der Waals surface area contributed by atoms with Gasteiger partial charge in [-0.05, 0) is 38.5 Å². The van der Waals surface area contributed by atoms with E-state index in [1.54, 1.807) is 0 Å². The number of aliphatic hydroxyl groups excluding tert-OH is 1. The molecule has 0 saturated carbocycles. The zero-order chi connectivity index (χ0) is 12.7. The number of aliphatic hydroxyl groups is 1. The Morgan fingerprint density at radius 3 is 2.41 bits per heavy atom. The zero-order valence-corrected chi connectivity index (χ0v) is 10.9. The van der Waals surface area contributed by atoms with Crippen molar-refractivity contribution in [2.24, 2.45) is 5.73 Å². The van der Waals surface area contributed by atoms with E-state index in [2.05, 4.69) is 18.9 Å². The fraction of sp³-hybridized carbons (Fsp3) is 0.571. The van der Waals surface area contributed by atoms with Crippen LogP contribution in [-0.4, -0.2) is 36.8 Å². The summed E-state index contributed by atoms with van der Waals surface area (Å²) in [4.78, 5) is 2.25. The van der Waals surface area contributed by atoms with Gasteiger partial charge >= 0.3 is 0 Å². The van der Waals surface area contributed by atoms with Crippen LogP contribution in [0.25, 0.3) is 0 Å². The van der Waals surface area contributed by atoms with Crippen molar-refractivity contribution in [3.63, 3.8) is 0 Å². The molecule has 96 valence electrons. The van der Waals surface area contributed by atoms with Crippen LogP contribution in [0.15, 0.2) is 30.3 Å². The van der Waals surface area contributed by atoms with E-state index in [1.807, 2.05) is 30.3 Å². The Hall–Kier alpha value is -0.900. The second-order valence-corrected chi connectivity index (χ2v) is 4.73. The Morgan fingerprint density at radius 2 is 1.88 bits per heavy atom. The third kappa shape index (κ3) is 4.11. The fourth-order valence-corrected chi connectivity index (χ4v) is 1.97. The molecule has 17 heavy (non-hydrogen) atoms. The van der Waals surface area contributed by atoms with Crippen LogP contribution in [0, 0.1) is 0 Å². The van der Waals surface area contributed by atoms with Crippen LogP contribution in [0.1, 0.15) is 25.3 Å². The number of nitrogens with two attached hydrogens (primary N) is 1. The van der Waals surface area contributed by atoms with Crippen LogP contribution in [-0.2, 0) is 5.54 Å². The summed E-state index contributed by atoms with van der Waals surface area (Å²) >= 11 is 0. The molecule has 0 amide bonds. The standard InChI is InChI=1S/C14H24N2O/c1-3-10-16(2)11-9-14(15,12-17)13-7-5-4-6-8-13/h4-8,17H,3,9-12,15H2,1-2H3. The lowest BCUT2D eigenvalue weighted by Crippen LogP contribution is -2.43. The number of rotatable bonds is 7. The van der Waals surface area contributed by atoms with E-state index in [4.69, 9.17) is 5.73 Å². The number of benzene rings is 1. The Kier molecular flexibility index (Phi) is 5.62. The molecule has 0 fully saturated rings. The molecule has 0 aliphatic carbocycles. The highest BCUT2D eigenvalue weighted by atomic mass is 16.3. The van der Waals surface area contributed by atoms with Crippen molar-refractivity contribution in [1.29, 1.82) is 0 Å². The van der Waals surface area contributed by atoms with Crippen molar-refractivity contribution >= 4 is 0 Å². The Labute approximate surface area is 104 Å². The highest BCUT2D eigenvalue weighted by molar-refractivity contribution is 5.24. The zero-order valence-electron chi connectivity index (χ0n) is 10.9. The summed E-state index contributed by atoms with van der Waals surface area (Å²) in [6.07, 6.45) is 1.91. The molecule has 1 unspecified atom stereocenters. The van der Waals surface area contributed by atoms with Gasteiger partial charge in [-0.25, -0.2) is 0 Å². The molecule has 0 aliphatic heterocycles. The van der Waals surface area contributed by atoms with E-state index in [0.29, 0.717) is 0 Å². The molecule has 3 nitrogen and oxygen atoms in total. The van der Waals surface area contributed by atoms with Gasteiger partial charge in [0.15, 0.2) is 0 Å². The van der Waals surface area contributed by atoms with E-state index in [9.17, 15) is 5.11 Å². The maximum Gasteiger partial charge on any atom is 0.0656 e. The van der Waals surface area contributed by atoms with Gasteiger partial charge in [0, 0.05) is 0 Å². The summed E-state index contributed by atoms with van der Waals surface area (Å²) in [5, 5.41) is 9.54. The molecule has 0 spiro atoms. The molecular formula is C14H24N2O. The van der Waals surface area contributed by atoms with Crippen molar-refractivity contribution in [3.8, 4) is 0 Å². The van der Waals surface area contributed by atoms with E-state index >= 15 is 0 Å².